The van der Waals surface area contributed by atoms with E-state index in [4.69, 9.17) is 0 Å². The monoisotopic (exact) mass is 1410 g/mol. The second kappa shape index (κ2) is 25.0. The molecule has 0 fully saturated rings. The van der Waals surface area contributed by atoms with Gasteiger partial charge in [-0.15, -0.1) is 0 Å². The maximum absolute atomic E-state index is 2.49. The smallest absolute Gasteiger partial charge is 0.0544 e. The third kappa shape index (κ3) is 9.93. The quantitative estimate of drug-likeness (QED) is 0.137. The van der Waals surface area contributed by atoms with E-state index in [1.807, 2.05) is 0 Å². The third-order valence-electron chi connectivity index (χ3n) is 24.5. The molecule has 0 amide bonds. The van der Waals surface area contributed by atoms with Crippen LogP contribution in [-0.4, -0.2) is 18.3 Å². The number of benzene rings is 17. The first-order valence-electron chi connectivity index (χ1n) is 38.7. The second-order valence-electron chi connectivity index (χ2n) is 30.8. The molecule has 21 aromatic rings. The first-order valence-corrected chi connectivity index (χ1v) is 38.7. The lowest BCUT2D eigenvalue weighted by Crippen LogP contribution is -2.22. The number of hydrogen-bond acceptors (Lipinski definition) is 0. The molecular formula is C107H74N4. The number of para-hydroxylation sites is 4. The van der Waals surface area contributed by atoms with Gasteiger partial charge in [0.15, 0.2) is 0 Å². The van der Waals surface area contributed by atoms with E-state index in [0.717, 1.165) is 5.69 Å². The van der Waals surface area contributed by atoms with Crippen molar-refractivity contribution < 1.29 is 0 Å². The van der Waals surface area contributed by atoms with E-state index in [1.54, 1.807) is 0 Å². The molecular weight excluding hydrogens is 1340 g/mol. The fourth-order valence-electron chi connectivity index (χ4n) is 19.1. The van der Waals surface area contributed by atoms with E-state index >= 15 is 0 Å². The second-order valence-corrected chi connectivity index (χ2v) is 30.8. The van der Waals surface area contributed by atoms with Crippen LogP contribution in [0.1, 0.15) is 48.6 Å². The van der Waals surface area contributed by atoms with Crippen LogP contribution in [0.5, 0.6) is 0 Å². The van der Waals surface area contributed by atoms with Gasteiger partial charge in [0.2, 0.25) is 0 Å². The standard InChI is InChI=1S/C56H38N2.C51H36N2/c1-56(41-17-7-3-8-18-41)50-23-13-11-21-44(50)46-35-49-48-34-40(39-27-31-53-47(33-39)45-22-12-14-24-52(45)57(53)42-19-9-4-10-20-42)28-32-54(48)58(55(49)36-51(46)56)43-29-25-38(26-30-43)37-15-5-2-6-16-37;1-51(2)45-19-11-9-17-39(45)41-31-44-43-30-36(35-23-27-48-42(29-35)40-18-10-12-20-47(40)52(48)37-15-7-4-8-16-37)24-28-49(43)53(50(44)32-46(41)51)38-25-21-34(22-26-38)33-13-5-3-6-14-33/h2-36H,1H3;3-32H,1-2H3. The van der Waals surface area contributed by atoms with Crippen molar-refractivity contribution in [2.24, 2.45) is 0 Å². The van der Waals surface area contributed by atoms with Gasteiger partial charge in [-0.25, -0.2) is 0 Å². The largest absolute Gasteiger partial charge is 0.309 e. The van der Waals surface area contributed by atoms with Crippen LogP contribution in [0.2, 0.25) is 0 Å². The number of rotatable bonds is 9. The van der Waals surface area contributed by atoms with Crippen molar-refractivity contribution in [1.29, 1.82) is 0 Å². The molecule has 4 heteroatoms. The Balaban J connectivity index is 0.000000137. The maximum Gasteiger partial charge on any atom is 0.0544 e. The number of nitrogens with zero attached hydrogens (tertiary/aromatic N) is 4. The minimum atomic E-state index is -0.292. The average molecular weight is 1420 g/mol. The number of fused-ring (bicyclic) bond motifs is 18. The van der Waals surface area contributed by atoms with Crippen molar-refractivity contribution in [1.82, 2.24) is 18.3 Å². The molecule has 0 bridgehead atoms. The lowest BCUT2D eigenvalue weighted by Gasteiger charge is -2.28. The molecule has 522 valence electrons. The van der Waals surface area contributed by atoms with Crippen LogP contribution < -0.4 is 0 Å². The Kier molecular flexibility index (Phi) is 14.5. The predicted molar refractivity (Wildman–Crippen MR) is 467 cm³/mol. The summed E-state index contributed by atoms with van der Waals surface area (Å²) in [5.74, 6) is 0. The van der Waals surface area contributed by atoms with Crippen LogP contribution in [0.15, 0.2) is 394 Å². The highest BCUT2D eigenvalue weighted by Crippen LogP contribution is 2.56. The molecule has 23 rings (SSSR count). The zero-order chi connectivity index (χ0) is 73.6. The molecule has 2 aliphatic rings. The summed E-state index contributed by atoms with van der Waals surface area (Å²) in [6.45, 7) is 7.14. The van der Waals surface area contributed by atoms with Crippen molar-refractivity contribution in [3.8, 4) is 89.5 Å². The molecule has 0 aliphatic heterocycles. The van der Waals surface area contributed by atoms with Crippen LogP contribution in [-0.2, 0) is 10.8 Å². The van der Waals surface area contributed by atoms with Crippen LogP contribution in [0, 0.1) is 0 Å². The number of hydrogen-bond donors (Lipinski definition) is 0. The van der Waals surface area contributed by atoms with E-state index in [2.05, 4.69) is 433 Å². The van der Waals surface area contributed by atoms with Crippen LogP contribution in [0.25, 0.3) is 177 Å². The van der Waals surface area contributed by atoms with Crippen molar-refractivity contribution in [3.05, 3.63) is 422 Å². The van der Waals surface area contributed by atoms with Gasteiger partial charge in [-0.1, -0.05) is 275 Å². The van der Waals surface area contributed by atoms with Gasteiger partial charge in [-0.05, 0) is 235 Å². The van der Waals surface area contributed by atoms with Crippen LogP contribution >= 0.6 is 0 Å². The average Bonchev–Trinajstić information content (AvgIpc) is 1.55. The van der Waals surface area contributed by atoms with Crippen molar-refractivity contribution in [2.75, 3.05) is 0 Å². The van der Waals surface area contributed by atoms with E-state index in [9.17, 15) is 0 Å². The molecule has 1 atom stereocenters. The number of aromatic nitrogens is 4. The molecule has 4 aromatic heterocycles. The zero-order valence-electron chi connectivity index (χ0n) is 61.8. The predicted octanol–water partition coefficient (Wildman–Crippen LogP) is 28.1. The van der Waals surface area contributed by atoms with Crippen LogP contribution in [0.3, 0.4) is 0 Å². The molecule has 17 aromatic carbocycles. The fourth-order valence-corrected chi connectivity index (χ4v) is 19.1. The van der Waals surface area contributed by atoms with E-state index in [1.165, 1.54) is 199 Å². The first-order chi connectivity index (χ1) is 54.7. The topological polar surface area (TPSA) is 19.7 Å². The Morgan fingerprint density at radius 2 is 0.459 bits per heavy atom. The Morgan fingerprint density at radius 3 is 0.901 bits per heavy atom. The third-order valence-corrected chi connectivity index (χ3v) is 24.5. The highest BCUT2D eigenvalue weighted by molar-refractivity contribution is 6.17. The normalized spacial score (nSPS) is 14.0. The molecule has 111 heavy (non-hydrogen) atoms. The molecule has 0 radical (unpaired) electrons. The molecule has 0 saturated carbocycles. The van der Waals surface area contributed by atoms with Gasteiger partial charge in [0, 0.05) is 76.7 Å². The lowest BCUT2D eigenvalue weighted by molar-refractivity contribution is 0.661. The molecule has 0 spiro atoms. The van der Waals surface area contributed by atoms with Gasteiger partial charge in [0.25, 0.3) is 0 Å². The van der Waals surface area contributed by atoms with Gasteiger partial charge in [0.05, 0.1) is 44.1 Å². The molecule has 4 heterocycles. The van der Waals surface area contributed by atoms with Crippen molar-refractivity contribution in [2.45, 2.75) is 31.6 Å². The summed E-state index contributed by atoms with van der Waals surface area (Å²) in [6, 6.07) is 145. The molecule has 1 unspecified atom stereocenters. The first kappa shape index (κ1) is 64.1. The summed E-state index contributed by atoms with van der Waals surface area (Å²) in [5, 5.41) is 10.1. The summed E-state index contributed by atoms with van der Waals surface area (Å²) in [4.78, 5) is 0. The lowest BCUT2D eigenvalue weighted by atomic mass is 9.74. The van der Waals surface area contributed by atoms with Gasteiger partial charge < -0.3 is 18.3 Å². The Morgan fingerprint density at radius 1 is 0.171 bits per heavy atom. The van der Waals surface area contributed by atoms with E-state index < -0.39 is 0 Å². The summed E-state index contributed by atoms with van der Waals surface area (Å²) in [6.07, 6.45) is 0. The molecule has 0 N–H and O–H groups in total. The highest BCUT2D eigenvalue weighted by atomic mass is 15.0. The van der Waals surface area contributed by atoms with Gasteiger partial charge in [-0.2, -0.15) is 0 Å². The Bertz CT molecular complexity index is 7300. The summed E-state index contributed by atoms with van der Waals surface area (Å²) < 4.78 is 9.72. The molecule has 0 saturated heterocycles. The minimum absolute atomic E-state index is 0.0852. The Hall–Kier alpha value is -14.1. The van der Waals surface area contributed by atoms with Gasteiger partial charge in [0.1, 0.15) is 0 Å². The van der Waals surface area contributed by atoms with Gasteiger partial charge in [-0.3, -0.25) is 0 Å². The summed E-state index contributed by atoms with van der Waals surface area (Å²) in [7, 11) is 0. The Labute approximate surface area is 644 Å². The fraction of sp³-hybridized carbons (Fsp3) is 0.0467. The summed E-state index contributed by atoms with van der Waals surface area (Å²) in [5.41, 5.74) is 35.9. The van der Waals surface area contributed by atoms with Crippen molar-refractivity contribution >= 4 is 87.2 Å². The van der Waals surface area contributed by atoms with Crippen molar-refractivity contribution in [3.63, 3.8) is 0 Å². The van der Waals surface area contributed by atoms with E-state index in [0.29, 0.717) is 0 Å². The highest BCUT2D eigenvalue weighted by Gasteiger charge is 2.42. The summed E-state index contributed by atoms with van der Waals surface area (Å²) >= 11 is 0. The molecule has 4 nitrogen and oxygen atoms in total. The molecule has 2 aliphatic carbocycles. The van der Waals surface area contributed by atoms with Gasteiger partial charge >= 0.3 is 0 Å². The van der Waals surface area contributed by atoms with E-state index in [-0.39, 0.29) is 10.8 Å². The zero-order valence-corrected chi connectivity index (χ0v) is 61.8. The van der Waals surface area contributed by atoms with Crippen LogP contribution in [0.4, 0.5) is 0 Å². The minimum Gasteiger partial charge on any atom is -0.309 e. The SMILES string of the molecule is CC1(C)c2ccccc2-c2cc3c4cc(-c5ccc6c(c5)c5ccccc5n6-c5ccccc5)ccc4n(-c4ccc(-c5ccccc5)cc4)c3cc21.CC1(c2ccccc2)c2ccccc2-c2cc3c4cc(-c5ccc6c(c5)c5ccccc5n6-c5ccccc5)ccc4n(-c4ccc(-c5ccccc5)cc4)c3cc21. The maximum atomic E-state index is 2.49.